The monoisotopic (exact) mass is 319 g/mol. The lowest BCUT2D eigenvalue weighted by molar-refractivity contribution is -0.115. The lowest BCUT2D eigenvalue weighted by atomic mass is 10.1. The van der Waals surface area contributed by atoms with Gasteiger partial charge in [0.1, 0.15) is 5.82 Å². The number of pyridine rings is 1. The fourth-order valence-electron chi connectivity index (χ4n) is 2.15. The van der Waals surface area contributed by atoms with Crippen LogP contribution >= 0.6 is 0 Å². The predicted molar refractivity (Wildman–Crippen MR) is 92.4 cm³/mol. The van der Waals surface area contributed by atoms with E-state index in [1.54, 1.807) is 18.3 Å². The number of rotatable bonds is 6. The molecule has 3 aromatic rings. The van der Waals surface area contributed by atoms with Crippen LogP contribution in [0.1, 0.15) is 11.3 Å². The van der Waals surface area contributed by atoms with E-state index in [-0.39, 0.29) is 5.91 Å². The third-order valence-corrected chi connectivity index (χ3v) is 3.32. The summed E-state index contributed by atoms with van der Waals surface area (Å²) in [5, 5.41) is 13.9. The predicted octanol–water partition coefficient (Wildman–Crippen LogP) is 2.66. The molecule has 2 aromatic heterocycles. The minimum atomic E-state index is -0.121. The minimum absolute atomic E-state index is 0.121. The van der Waals surface area contributed by atoms with E-state index in [1.165, 1.54) is 0 Å². The van der Waals surface area contributed by atoms with E-state index in [0.717, 1.165) is 11.3 Å². The number of nitrogens with one attached hydrogen (secondary N) is 2. The Morgan fingerprint density at radius 3 is 2.33 bits per heavy atom. The maximum atomic E-state index is 12.0. The van der Waals surface area contributed by atoms with E-state index in [2.05, 4.69) is 25.8 Å². The zero-order valence-electron chi connectivity index (χ0n) is 13.0. The van der Waals surface area contributed by atoms with Crippen molar-refractivity contribution in [1.29, 1.82) is 0 Å². The van der Waals surface area contributed by atoms with Crippen LogP contribution in [0.2, 0.25) is 0 Å². The lowest BCUT2D eigenvalue weighted by Gasteiger charge is -2.06. The Bertz CT molecular complexity index is 776. The van der Waals surface area contributed by atoms with Crippen molar-refractivity contribution in [3.63, 3.8) is 0 Å². The molecule has 3 rings (SSSR count). The molecule has 0 unspecified atom stereocenters. The van der Waals surface area contributed by atoms with Crippen LogP contribution in [-0.2, 0) is 17.8 Å². The first kappa shape index (κ1) is 15.6. The van der Waals surface area contributed by atoms with Crippen LogP contribution in [0.5, 0.6) is 0 Å². The van der Waals surface area contributed by atoms with E-state index in [0.29, 0.717) is 24.6 Å². The van der Waals surface area contributed by atoms with Crippen LogP contribution in [0.3, 0.4) is 0 Å². The van der Waals surface area contributed by atoms with Crippen molar-refractivity contribution in [2.24, 2.45) is 0 Å². The molecular weight excluding hydrogens is 302 g/mol. The fourth-order valence-corrected chi connectivity index (χ4v) is 2.15. The number of carbonyl (C=O) groups is 1. The molecule has 0 radical (unpaired) electrons. The largest absolute Gasteiger partial charge is 0.363 e. The Kier molecular flexibility index (Phi) is 5.09. The Hall–Kier alpha value is -3.28. The van der Waals surface area contributed by atoms with Crippen molar-refractivity contribution < 1.29 is 4.79 Å². The molecular formula is C18H17N5O. The molecule has 0 atom stereocenters. The first-order valence-electron chi connectivity index (χ1n) is 7.61. The standard InChI is InChI=1S/C18H17N5O/c24-18(12-14-6-2-1-3-7-14)21-17-10-9-16(22-23-17)20-13-15-8-4-5-11-19-15/h1-11H,12-13H2,(H,20,22)(H,21,23,24). The van der Waals surface area contributed by atoms with Gasteiger partial charge in [-0.3, -0.25) is 9.78 Å². The van der Waals surface area contributed by atoms with E-state index < -0.39 is 0 Å². The normalized spacial score (nSPS) is 10.2. The summed E-state index contributed by atoms with van der Waals surface area (Å²) >= 11 is 0. The average molecular weight is 319 g/mol. The van der Waals surface area contributed by atoms with Gasteiger partial charge in [0.05, 0.1) is 18.7 Å². The highest BCUT2D eigenvalue weighted by Gasteiger charge is 2.05. The van der Waals surface area contributed by atoms with Crippen LogP contribution in [0.4, 0.5) is 11.6 Å². The van der Waals surface area contributed by atoms with Crippen LogP contribution < -0.4 is 10.6 Å². The van der Waals surface area contributed by atoms with Gasteiger partial charge >= 0.3 is 0 Å². The van der Waals surface area contributed by atoms with Gasteiger partial charge in [-0.15, -0.1) is 10.2 Å². The zero-order chi connectivity index (χ0) is 16.6. The fraction of sp³-hybridized carbons (Fsp3) is 0.111. The van der Waals surface area contributed by atoms with Gasteiger partial charge in [-0.05, 0) is 29.8 Å². The summed E-state index contributed by atoms with van der Waals surface area (Å²) in [6, 6.07) is 18.8. The molecule has 120 valence electrons. The Morgan fingerprint density at radius 2 is 1.62 bits per heavy atom. The first-order valence-corrected chi connectivity index (χ1v) is 7.61. The van der Waals surface area contributed by atoms with Crippen molar-refractivity contribution in [2.45, 2.75) is 13.0 Å². The van der Waals surface area contributed by atoms with Gasteiger partial charge in [0.25, 0.3) is 0 Å². The maximum absolute atomic E-state index is 12.0. The quantitative estimate of drug-likeness (QED) is 0.730. The number of benzene rings is 1. The van der Waals surface area contributed by atoms with Crippen molar-refractivity contribution in [3.8, 4) is 0 Å². The van der Waals surface area contributed by atoms with Gasteiger partial charge in [-0.25, -0.2) is 0 Å². The van der Waals surface area contributed by atoms with E-state index in [4.69, 9.17) is 0 Å². The lowest BCUT2D eigenvalue weighted by Crippen LogP contribution is -2.15. The molecule has 24 heavy (non-hydrogen) atoms. The molecule has 1 amide bonds. The second-order valence-electron chi connectivity index (χ2n) is 5.19. The summed E-state index contributed by atoms with van der Waals surface area (Å²) in [6.45, 7) is 0.565. The van der Waals surface area contributed by atoms with Crippen molar-refractivity contribution in [3.05, 3.63) is 78.1 Å². The minimum Gasteiger partial charge on any atom is -0.363 e. The number of hydrogen-bond acceptors (Lipinski definition) is 5. The zero-order valence-corrected chi connectivity index (χ0v) is 13.0. The molecule has 1 aromatic carbocycles. The van der Waals surface area contributed by atoms with Gasteiger partial charge in [0, 0.05) is 6.20 Å². The van der Waals surface area contributed by atoms with Gasteiger partial charge in [-0.1, -0.05) is 36.4 Å². The number of hydrogen-bond donors (Lipinski definition) is 2. The molecule has 0 aliphatic rings. The number of nitrogens with zero attached hydrogens (tertiary/aromatic N) is 3. The second kappa shape index (κ2) is 7.82. The van der Waals surface area contributed by atoms with Crippen molar-refractivity contribution >= 4 is 17.5 Å². The van der Waals surface area contributed by atoms with Crippen molar-refractivity contribution in [2.75, 3.05) is 10.6 Å². The van der Waals surface area contributed by atoms with Gasteiger partial charge in [0.2, 0.25) is 5.91 Å². The first-order chi connectivity index (χ1) is 11.8. The number of amides is 1. The van der Waals surface area contributed by atoms with E-state index in [9.17, 15) is 4.79 Å². The smallest absolute Gasteiger partial charge is 0.229 e. The van der Waals surface area contributed by atoms with Crippen LogP contribution in [0.25, 0.3) is 0 Å². The SMILES string of the molecule is O=C(Cc1ccccc1)Nc1ccc(NCc2ccccn2)nn1. The summed E-state index contributed by atoms with van der Waals surface area (Å²) in [4.78, 5) is 16.2. The Labute approximate surface area is 140 Å². The molecule has 2 N–H and O–H groups in total. The highest BCUT2D eigenvalue weighted by Crippen LogP contribution is 2.08. The average Bonchev–Trinajstić information content (AvgIpc) is 2.63. The molecule has 0 spiro atoms. The van der Waals surface area contributed by atoms with Gasteiger partial charge in [-0.2, -0.15) is 0 Å². The highest BCUT2D eigenvalue weighted by molar-refractivity contribution is 5.91. The van der Waals surface area contributed by atoms with E-state index in [1.807, 2.05) is 48.5 Å². The molecule has 6 heteroatoms. The topological polar surface area (TPSA) is 79.8 Å². The number of carbonyl (C=O) groups excluding carboxylic acids is 1. The second-order valence-corrected chi connectivity index (χ2v) is 5.19. The maximum Gasteiger partial charge on any atom is 0.229 e. The summed E-state index contributed by atoms with van der Waals surface area (Å²) in [5.41, 5.74) is 1.87. The number of aromatic nitrogens is 3. The summed E-state index contributed by atoms with van der Waals surface area (Å²) < 4.78 is 0. The molecule has 6 nitrogen and oxygen atoms in total. The van der Waals surface area contributed by atoms with Crippen LogP contribution in [0.15, 0.2) is 66.9 Å². The van der Waals surface area contributed by atoms with Crippen LogP contribution in [-0.4, -0.2) is 21.1 Å². The Morgan fingerprint density at radius 1 is 0.875 bits per heavy atom. The third-order valence-electron chi connectivity index (χ3n) is 3.32. The van der Waals surface area contributed by atoms with Crippen molar-refractivity contribution in [1.82, 2.24) is 15.2 Å². The molecule has 2 heterocycles. The van der Waals surface area contributed by atoms with Crippen LogP contribution in [0, 0.1) is 0 Å². The highest BCUT2D eigenvalue weighted by atomic mass is 16.1. The number of anilines is 2. The molecule has 0 aliphatic heterocycles. The molecule has 0 saturated carbocycles. The Balaban J connectivity index is 1.51. The molecule has 0 saturated heterocycles. The third kappa shape index (κ3) is 4.61. The summed E-state index contributed by atoms with van der Waals surface area (Å²) in [7, 11) is 0. The molecule has 0 bridgehead atoms. The molecule has 0 aliphatic carbocycles. The van der Waals surface area contributed by atoms with Gasteiger partial charge < -0.3 is 10.6 Å². The molecule has 0 fully saturated rings. The summed E-state index contributed by atoms with van der Waals surface area (Å²) in [5.74, 6) is 0.936. The van der Waals surface area contributed by atoms with E-state index >= 15 is 0 Å². The van der Waals surface area contributed by atoms with Gasteiger partial charge in [0.15, 0.2) is 5.82 Å². The summed E-state index contributed by atoms with van der Waals surface area (Å²) in [6.07, 6.45) is 2.05.